The zero-order chi connectivity index (χ0) is 13.1. The van der Waals surface area contributed by atoms with Crippen molar-refractivity contribution in [1.29, 1.82) is 0 Å². The smallest absolute Gasteiger partial charge is 0.139 e. The van der Waals surface area contributed by atoms with E-state index in [9.17, 15) is 0 Å². The molecule has 0 saturated carbocycles. The molecule has 0 saturated heterocycles. The maximum atomic E-state index is 5.69. The van der Waals surface area contributed by atoms with Crippen LogP contribution >= 0.6 is 0 Å². The lowest BCUT2D eigenvalue weighted by molar-refractivity contribution is 0.339. The number of rotatable bonds is 4. The third-order valence-electron chi connectivity index (χ3n) is 3.30. The summed E-state index contributed by atoms with van der Waals surface area (Å²) in [5.41, 5.74) is 2.21. The van der Waals surface area contributed by atoms with Crippen LogP contribution < -0.4 is 10.1 Å². The summed E-state index contributed by atoms with van der Waals surface area (Å²) in [6, 6.07) is 10.1. The predicted molar refractivity (Wildman–Crippen MR) is 73.2 cm³/mol. The third kappa shape index (κ3) is 2.44. The lowest BCUT2D eigenvalue weighted by atomic mass is 10.0. The van der Waals surface area contributed by atoms with Crippen LogP contribution in [0.5, 0.6) is 5.75 Å². The molecule has 1 aromatic heterocycles. The molecule has 3 rings (SSSR count). The fraction of sp³-hybridized carbons (Fsp3) is 0.333. The molecule has 19 heavy (non-hydrogen) atoms. The average Bonchev–Trinajstić information content (AvgIpc) is 2.89. The summed E-state index contributed by atoms with van der Waals surface area (Å²) in [7, 11) is 0. The van der Waals surface area contributed by atoms with E-state index in [2.05, 4.69) is 28.3 Å². The fourth-order valence-electron chi connectivity index (χ4n) is 2.31. The van der Waals surface area contributed by atoms with Gasteiger partial charge < -0.3 is 10.1 Å². The first kappa shape index (κ1) is 12.1. The van der Waals surface area contributed by atoms with Crippen LogP contribution in [0.25, 0.3) is 0 Å². The van der Waals surface area contributed by atoms with Gasteiger partial charge in [0.15, 0.2) is 0 Å². The predicted octanol–water partition coefficient (Wildman–Crippen LogP) is 2.11. The number of nitrogens with one attached hydrogen (secondary N) is 1. The Kier molecular flexibility index (Phi) is 3.42. The van der Waals surface area contributed by atoms with E-state index in [1.54, 1.807) is 0 Å². The van der Waals surface area contributed by atoms with Crippen molar-refractivity contribution >= 4 is 0 Å². The molecule has 0 amide bonds. The van der Waals surface area contributed by atoms with Gasteiger partial charge in [-0.3, -0.25) is 0 Å². The Bertz CT molecular complexity index is 571. The van der Waals surface area contributed by atoms with Crippen molar-refractivity contribution < 1.29 is 4.74 Å². The topological polar surface area (TPSA) is 47.0 Å². The molecule has 2 heterocycles. The van der Waals surface area contributed by atoms with Gasteiger partial charge in [-0.1, -0.05) is 25.1 Å². The van der Waals surface area contributed by atoms with Crippen LogP contribution in [0.2, 0.25) is 0 Å². The van der Waals surface area contributed by atoms with E-state index in [4.69, 9.17) is 4.74 Å². The largest absolute Gasteiger partial charge is 0.492 e. The van der Waals surface area contributed by atoms with Gasteiger partial charge in [-0.15, -0.1) is 0 Å². The van der Waals surface area contributed by atoms with Crippen LogP contribution in [-0.4, -0.2) is 23.1 Å². The second-order valence-corrected chi connectivity index (χ2v) is 4.59. The zero-order valence-electron chi connectivity index (χ0n) is 11.0. The molecular formula is C15H17N3O. The first-order valence-corrected chi connectivity index (χ1v) is 6.62. The normalized spacial score (nSPS) is 17.0. The molecule has 4 nitrogen and oxygen atoms in total. The van der Waals surface area contributed by atoms with Crippen molar-refractivity contribution in [2.45, 2.75) is 19.4 Å². The van der Waals surface area contributed by atoms with Crippen molar-refractivity contribution in [1.82, 2.24) is 15.3 Å². The Hall–Kier alpha value is -1.94. The summed E-state index contributed by atoms with van der Waals surface area (Å²) in [6.45, 7) is 4.43. The average molecular weight is 255 g/mol. The number of fused-ring (bicyclic) bond motifs is 1. The van der Waals surface area contributed by atoms with Crippen LogP contribution in [0.15, 0.2) is 36.5 Å². The number of nitrogens with zero attached hydrogens (tertiary/aromatic N) is 2. The van der Waals surface area contributed by atoms with Crippen LogP contribution in [0.1, 0.15) is 29.9 Å². The van der Waals surface area contributed by atoms with Crippen LogP contribution in [0.4, 0.5) is 0 Å². The molecule has 0 fully saturated rings. The van der Waals surface area contributed by atoms with Gasteiger partial charge in [0.05, 0.1) is 11.6 Å². The SMILES string of the molecule is CCNCc1ccnc(C2COc3ccccc32)n1. The summed E-state index contributed by atoms with van der Waals surface area (Å²) in [6.07, 6.45) is 1.83. The molecule has 0 spiro atoms. The van der Waals surface area contributed by atoms with Gasteiger partial charge >= 0.3 is 0 Å². The second kappa shape index (κ2) is 5.36. The molecule has 1 aliphatic heterocycles. The van der Waals surface area contributed by atoms with Gasteiger partial charge in [0.1, 0.15) is 18.2 Å². The number of hydrogen-bond donors (Lipinski definition) is 1. The van der Waals surface area contributed by atoms with E-state index in [1.165, 1.54) is 5.56 Å². The minimum absolute atomic E-state index is 0.151. The summed E-state index contributed by atoms with van der Waals surface area (Å²) < 4.78 is 5.69. The minimum atomic E-state index is 0.151. The third-order valence-corrected chi connectivity index (χ3v) is 3.30. The van der Waals surface area contributed by atoms with Crippen LogP contribution in [0.3, 0.4) is 0 Å². The standard InChI is InChI=1S/C15H17N3O/c1-2-16-9-11-7-8-17-15(18-11)13-10-19-14-6-4-3-5-12(13)14/h3-8,13,16H,2,9-10H2,1H3. The molecule has 1 aromatic carbocycles. The first-order chi connectivity index (χ1) is 9.38. The van der Waals surface area contributed by atoms with Crippen LogP contribution in [0, 0.1) is 0 Å². The van der Waals surface area contributed by atoms with E-state index in [0.717, 1.165) is 30.4 Å². The van der Waals surface area contributed by atoms with Crippen LogP contribution in [-0.2, 0) is 6.54 Å². The molecule has 1 atom stereocenters. The van der Waals surface area contributed by atoms with Gasteiger partial charge in [0, 0.05) is 18.3 Å². The molecule has 1 aliphatic rings. The Labute approximate surface area is 112 Å². The lowest BCUT2D eigenvalue weighted by Gasteiger charge is -2.09. The van der Waals surface area contributed by atoms with E-state index < -0.39 is 0 Å². The first-order valence-electron chi connectivity index (χ1n) is 6.62. The van der Waals surface area contributed by atoms with E-state index >= 15 is 0 Å². The van der Waals surface area contributed by atoms with Gasteiger partial charge in [0.25, 0.3) is 0 Å². The number of aromatic nitrogens is 2. The van der Waals surface area contributed by atoms with Crippen molar-refractivity contribution in [2.75, 3.05) is 13.2 Å². The highest BCUT2D eigenvalue weighted by Crippen LogP contribution is 2.36. The molecule has 98 valence electrons. The summed E-state index contributed by atoms with van der Waals surface area (Å²) in [5.74, 6) is 1.95. The number of ether oxygens (including phenoxy) is 1. The maximum absolute atomic E-state index is 5.69. The van der Waals surface area contributed by atoms with Crippen molar-refractivity contribution in [3.63, 3.8) is 0 Å². The number of benzene rings is 1. The highest BCUT2D eigenvalue weighted by atomic mass is 16.5. The highest BCUT2D eigenvalue weighted by molar-refractivity contribution is 5.42. The van der Waals surface area contributed by atoms with E-state index in [0.29, 0.717) is 6.61 Å². The van der Waals surface area contributed by atoms with E-state index in [1.807, 2.05) is 30.5 Å². The van der Waals surface area contributed by atoms with Crippen molar-refractivity contribution in [3.05, 3.63) is 53.6 Å². The van der Waals surface area contributed by atoms with Gasteiger partial charge in [-0.25, -0.2) is 9.97 Å². The molecule has 0 aliphatic carbocycles. The summed E-state index contributed by atoms with van der Waals surface area (Å²) in [5, 5.41) is 3.28. The molecule has 0 bridgehead atoms. The molecule has 0 radical (unpaired) electrons. The second-order valence-electron chi connectivity index (χ2n) is 4.59. The molecule has 4 heteroatoms. The number of para-hydroxylation sites is 1. The molecule has 1 N–H and O–H groups in total. The summed E-state index contributed by atoms with van der Waals surface area (Å²) >= 11 is 0. The minimum Gasteiger partial charge on any atom is -0.492 e. The fourth-order valence-corrected chi connectivity index (χ4v) is 2.31. The van der Waals surface area contributed by atoms with Crippen molar-refractivity contribution in [2.24, 2.45) is 0 Å². The molecule has 2 aromatic rings. The Morgan fingerprint density at radius 2 is 2.21 bits per heavy atom. The summed E-state index contributed by atoms with van der Waals surface area (Å²) in [4.78, 5) is 9.05. The lowest BCUT2D eigenvalue weighted by Crippen LogP contribution is -2.15. The maximum Gasteiger partial charge on any atom is 0.139 e. The van der Waals surface area contributed by atoms with E-state index in [-0.39, 0.29) is 5.92 Å². The number of hydrogen-bond acceptors (Lipinski definition) is 4. The van der Waals surface area contributed by atoms with Crippen molar-refractivity contribution in [3.8, 4) is 5.75 Å². The Balaban J connectivity index is 1.87. The van der Waals surface area contributed by atoms with Gasteiger partial charge in [-0.2, -0.15) is 0 Å². The van der Waals surface area contributed by atoms with Gasteiger partial charge in [-0.05, 0) is 18.7 Å². The highest BCUT2D eigenvalue weighted by Gasteiger charge is 2.27. The monoisotopic (exact) mass is 255 g/mol. The zero-order valence-corrected chi connectivity index (χ0v) is 11.0. The molecule has 1 unspecified atom stereocenters. The molecular weight excluding hydrogens is 238 g/mol. The Morgan fingerprint density at radius 3 is 3.11 bits per heavy atom. The Morgan fingerprint density at radius 1 is 1.32 bits per heavy atom. The quantitative estimate of drug-likeness (QED) is 0.909. The van der Waals surface area contributed by atoms with Gasteiger partial charge in [0.2, 0.25) is 0 Å².